The van der Waals surface area contributed by atoms with Crippen molar-refractivity contribution in [1.82, 2.24) is 4.98 Å². The van der Waals surface area contributed by atoms with Crippen LogP contribution in [0.5, 0.6) is 0 Å². The van der Waals surface area contributed by atoms with Gasteiger partial charge in [-0.15, -0.1) is 0 Å². The van der Waals surface area contributed by atoms with Crippen LogP contribution in [0, 0.1) is 11.7 Å². The number of aliphatic hydroxyl groups excluding tert-OH is 1. The highest BCUT2D eigenvalue weighted by molar-refractivity contribution is 5.88. The molecule has 6 heteroatoms. The first-order valence-corrected chi connectivity index (χ1v) is 12.2. The summed E-state index contributed by atoms with van der Waals surface area (Å²) in [6, 6.07) is 9.54. The molecule has 2 atom stereocenters. The molecule has 0 saturated heterocycles. The molecule has 2 aromatic rings. The Labute approximate surface area is 200 Å². The Hall–Kier alpha value is -2.67. The standard InChI is InChI=1S/C28H33FN2O3/c29-26-18-31-12-11-21(26)16-27(32)22-9-10-23(17-30)25(15-22)20-6-4-5-19(13-20)14-28(33)34-24-7-2-1-3-8-24/h4-6,9-13,18,22,24,28,33H,1-3,7-8,14-17,30H2. The van der Waals surface area contributed by atoms with Crippen molar-refractivity contribution in [2.24, 2.45) is 11.7 Å². The van der Waals surface area contributed by atoms with Gasteiger partial charge in [0.1, 0.15) is 11.6 Å². The molecule has 1 aromatic heterocycles. The van der Waals surface area contributed by atoms with E-state index in [0.717, 1.165) is 54.2 Å². The first kappa shape index (κ1) is 24.5. The van der Waals surface area contributed by atoms with E-state index in [-0.39, 0.29) is 24.2 Å². The van der Waals surface area contributed by atoms with Gasteiger partial charge in [-0.1, -0.05) is 55.7 Å². The van der Waals surface area contributed by atoms with Crippen LogP contribution in [0.25, 0.3) is 5.57 Å². The van der Waals surface area contributed by atoms with Crippen molar-refractivity contribution >= 4 is 11.4 Å². The Balaban J connectivity index is 1.45. The summed E-state index contributed by atoms with van der Waals surface area (Å²) in [7, 11) is 0. The van der Waals surface area contributed by atoms with Gasteiger partial charge in [-0.3, -0.25) is 9.78 Å². The smallest absolute Gasteiger partial charge is 0.158 e. The lowest BCUT2D eigenvalue weighted by molar-refractivity contribution is -0.142. The topological polar surface area (TPSA) is 85.4 Å². The Morgan fingerprint density at radius 1 is 1.24 bits per heavy atom. The molecule has 0 aliphatic heterocycles. The molecular formula is C28H33FN2O3. The number of allylic oxidation sites excluding steroid dienone is 2. The number of hydrogen-bond acceptors (Lipinski definition) is 5. The van der Waals surface area contributed by atoms with E-state index < -0.39 is 12.1 Å². The molecule has 3 N–H and O–H groups in total. The number of carbonyl (C=O) groups is 1. The minimum atomic E-state index is -0.836. The van der Waals surface area contributed by atoms with Gasteiger partial charge in [0.15, 0.2) is 6.29 Å². The summed E-state index contributed by atoms with van der Waals surface area (Å²) < 4.78 is 19.9. The van der Waals surface area contributed by atoms with E-state index in [9.17, 15) is 14.3 Å². The molecule has 180 valence electrons. The van der Waals surface area contributed by atoms with Gasteiger partial charge in [-0.05, 0) is 53.2 Å². The lowest BCUT2D eigenvalue weighted by Gasteiger charge is -2.25. The molecule has 2 unspecified atom stereocenters. The summed E-state index contributed by atoms with van der Waals surface area (Å²) in [6.45, 7) is 0.364. The van der Waals surface area contributed by atoms with Crippen LogP contribution in [0.2, 0.25) is 0 Å². The second-order valence-corrected chi connectivity index (χ2v) is 9.24. The van der Waals surface area contributed by atoms with Crippen LogP contribution >= 0.6 is 0 Å². The SMILES string of the molecule is NCC1=C(c2cccc(CC(O)OC3CCCCC3)c2)CC(C(=O)Cc2ccncc2F)C=C1. The number of ether oxygens (including phenoxy) is 1. The van der Waals surface area contributed by atoms with E-state index in [1.165, 1.54) is 12.6 Å². The summed E-state index contributed by atoms with van der Waals surface area (Å²) in [5.41, 5.74) is 10.3. The van der Waals surface area contributed by atoms with E-state index in [1.54, 1.807) is 6.07 Å². The van der Waals surface area contributed by atoms with Crippen molar-refractivity contribution < 1.29 is 19.0 Å². The van der Waals surface area contributed by atoms with Crippen LogP contribution < -0.4 is 5.73 Å². The molecule has 1 saturated carbocycles. The fourth-order valence-electron chi connectivity index (χ4n) is 4.89. The zero-order valence-electron chi connectivity index (χ0n) is 19.5. The fourth-order valence-corrected chi connectivity index (χ4v) is 4.89. The molecule has 0 bridgehead atoms. The second kappa shape index (κ2) is 11.6. The highest BCUT2D eigenvalue weighted by Gasteiger charge is 2.24. The van der Waals surface area contributed by atoms with Gasteiger partial charge in [-0.2, -0.15) is 0 Å². The predicted molar refractivity (Wildman–Crippen MR) is 130 cm³/mol. The highest BCUT2D eigenvalue weighted by atomic mass is 19.1. The number of nitrogens with two attached hydrogens (primary N) is 1. The van der Waals surface area contributed by atoms with Gasteiger partial charge >= 0.3 is 0 Å². The van der Waals surface area contributed by atoms with Gasteiger partial charge in [-0.25, -0.2) is 4.39 Å². The Morgan fingerprint density at radius 2 is 2.06 bits per heavy atom. The lowest BCUT2D eigenvalue weighted by Crippen LogP contribution is -2.25. The van der Waals surface area contributed by atoms with E-state index >= 15 is 0 Å². The van der Waals surface area contributed by atoms with Crippen LogP contribution in [0.1, 0.15) is 55.2 Å². The quantitative estimate of drug-likeness (QED) is 0.533. The van der Waals surface area contributed by atoms with Crippen molar-refractivity contribution in [3.05, 3.63) is 83.0 Å². The van der Waals surface area contributed by atoms with Crippen molar-refractivity contribution in [2.75, 3.05) is 6.54 Å². The van der Waals surface area contributed by atoms with E-state index in [4.69, 9.17) is 10.5 Å². The molecular weight excluding hydrogens is 431 g/mol. The molecule has 1 heterocycles. The van der Waals surface area contributed by atoms with Gasteiger partial charge in [0.2, 0.25) is 0 Å². The molecule has 1 aromatic carbocycles. The largest absolute Gasteiger partial charge is 0.368 e. The Kier molecular flexibility index (Phi) is 8.38. The summed E-state index contributed by atoms with van der Waals surface area (Å²) in [6.07, 6.45) is 12.2. The minimum Gasteiger partial charge on any atom is -0.368 e. The van der Waals surface area contributed by atoms with Crippen molar-refractivity contribution in [2.45, 2.75) is 63.8 Å². The Bertz CT molecular complexity index is 1060. The number of pyridine rings is 1. The van der Waals surface area contributed by atoms with Gasteiger partial charge in [0, 0.05) is 31.5 Å². The molecule has 2 aliphatic carbocycles. The summed E-state index contributed by atoms with van der Waals surface area (Å²) in [5.74, 6) is -0.847. The molecule has 0 spiro atoms. The molecule has 2 aliphatic rings. The maximum absolute atomic E-state index is 14.0. The highest BCUT2D eigenvalue weighted by Crippen LogP contribution is 2.33. The zero-order chi connectivity index (χ0) is 23.9. The maximum Gasteiger partial charge on any atom is 0.158 e. The van der Waals surface area contributed by atoms with Crippen LogP contribution in [-0.2, 0) is 22.4 Å². The van der Waals surface area contributed by atoms with Crippen LogP contribution in [0.3, 0.4) is 0 Å². The maximum atomic E-state index is 14.0. The van der Waals surface area contributed by atoms with E-state index in [2.05, 4.69) is 4.98 Å². The number of ketones is 1. The van der Waals surface area contributed by atoms with Crippen molar-refractivity contribution in [1.29, 1.82) is 0 Å². The molecule has 34 heavy (non-hydrogen) atoms. The van der Waals surface area contributed by atoms with Gasteiger partial charge in [0.25, 0.3) is 0 Å². The van der Waals surface area contributed by atoms with E-state index in [1.807, 2.05) is 36.4 Å². The summed E-state index contributed by atoms with van der Waals surface area (Å²) in [5, 5.41) is 10.5. The van der Waals surface area contributed by atoms with E-state index in [0.29, 0.717) is 24.9 Å². The third kappa shape index (κ3) is 6.26. The number of carbonyl (C=O) groups excluding carboxylic acids is 1. The number of benzene rings is 1. The van der Waals surface area contributed by atoms with Gasteiger partial charge < -0.3 is 15.6 Å². The summed E-state index contributed by atoms with van der Waals surface area (Å²) in [4.78, 5) is 16.7. The molecule has 5 nitrogen and oxygen atoms in total. The first-order valence-electron chi connectivity index (χ1n) is 12.2. The average Bonchev–Trinajstić information content (AvgIpc) is 2.85. The number of rotatable bonds is 9. The molecule has 1 fully saturated rings. The van der Waals surface area contributed by atoms with Crippen LogP contribution in [0.15, 0.2) is 60.5 Å². The zero-order valence-corrected chi connectivity index (χ0v) is 19.5. The third-order valence-corrected chi connectivity index (χ3v) is 6.78. The monoisotopic (exact) mass is 464 g/mol. The Morgan fingerprint density at radius 3 is 2.82 bits per heavy atom. The number of hydrogen-bond donors (Lipinski definition) is 2. The number of Topliss-reactive ketones (excluding diaryl/α,β-unsaturated/α-hetero) is 1. The lowest BCUT2D eigenvalue weighted by atomic mass is 9.82. The number of halogens is 1. The minimum absolute atomic E-state index is 0.0271. The van der Waals surface area contributed by atoms with Crippen LogP contribution in [-0.4, -0.2) is 34.8 Å². The number of aromatic nitrogens is 1. The molecule has 4 rings (SSSR count). The third-order valence-electron chi connectivity index (χ3n) is 6.78. The predicted octanol–water partition coefficient (Wildman–Crippen LogP) is 4.53. The fraction of sp³-hybridized carbons (Fsp3) is 0.429. The van der Waals surface area contributed by atoms with Crippen molar-refractivity contribution in [3.63, 3.8) is 0 Å². The average molecular weight is 465 g/mol. The van der Waals surface area contributed by atoms with Crippen LogP contribution in [0.4, 0.5) is 4.39 Å². The van der Waals surface area contributed by atoms with Gasteiger partial charge in [0.05, 0.1) is 12.3 Å². The number of aliphatic hydroxyl groups is 1. The number of nitrogens with zero attached hydrogens (tertiary/aromatic N) is 1. The molecule has 0 radical (unpaired) electrons. The molecule has 0 amide bonds. The van der Waals surface area contributed by atoms with Crippen molar-refractivity contribution in [3.8, 4) is 0 Å². The normalized spacial score (nSPS) is 19.9. The second-order valence-electron chi connectivity index (χ2n) is 9.24. The first-order chi connectivity index (χ1) is 16.5. The summed E-state index contributed by atoms with van der Waals surface area (Å²) >= 11 is 0.